The molecule has 0 amide bonds. The Balaban J connectivity index is 5.28. The van der Waals surface area contributed by atoms with E-state index in [1.807, 2.05) is 0 Å². The van der Waals surface area contributed by atoms with E-state index in [1.165, 1.54) is 0 Å². The van der Waals surface area contributed by atoms with Gasteiger partial charge in [-0.2, -0.15) is 0 Å². The summed E-state index contributed by atoms with van der Waals surface area (Å²) in [6.07, 6.45) is 20.1. The fraction of sp³-hybridized carbons (Fsp3) is 0.857. The summed E-state index contributed by atoms with van der Waals surface area (Å²) in [5, 5.41) is 0. The van der Waals surface area contributed by atoms with Crippen LogP contribution in [0.15, 0.2) is 24.3 Å². The van der Waals surface area contributed by atoms with Gasteiger partial charge in [0.05, 0.1) is 0 Å². The van der Waals surface area contributed by atoms with Crippen molar-refractivity contribution < 1.29 is 17.7 Å². The average Bonchev–Trinajstić information content (AvgIpc) is 2.84. The van der Waals surface area contributed by atoms with Crippen LogP contribution in [0.25, 0.3) is 0 Å². The minimum absolute atomic E-state index is 0.826. The molecule has 0 N–H and O–H groups in total. The molecule has 0 saturated carbocycles. The maximum absolute atomic E-state index is 6.58. The van der Waals surface area contributed by atoms with Gasteiger partial charge in [0.2, 0.25) is 0 Å². The molecule has 202 valence electrons. The van der Waals surface area contributed by atoms with Gasteiger partial charge in [-0.25, -0.2) is 0 Å². The van der Waals surface area contributed by atoms with Gasteiger partial charge in [0.25, 0.3) is 0 Å². The SMILES string of the molecule is CC=CC[Si](CCCC[Si](CC=CC)(OCCCC)OCCCC)(OCCCC)OCCCC. The fourth-order valence-corrected chi connectivity index (χ4v) is 10.3. The first-order chi connectivity index (χ1) is 16.6. The quantitative estimate of drug-likeness (QED) is 0.0691. The lowest BCUT2D eigenvalue weighted by molar-refractivity contribution is 0.160. The van der Waals surface area contributed by atoms with Gasteiger partial charge >= 0.3 is 17.1 Å². The Kier molecular flexibility index (Phi) is 23.0. The highest BCUT2D eigenvalue weighted by Gasteiger charge is 2.38. The van der Waals surface area contributed by atoms with Crippen LogP contribution in [-0.4, -0.2) is 43.5 Å². The first-order valence-corrected chi connectivity index (χ1v) is 18.8. The molecule has 0 heterocycles. The Hall–Kier alpha value is -0.246. The van der Waals surface area contributed by atoms with Crippen molar-refractivity contribution in [3.8, 4) is 0 Å². The average molecular weight is 515 g/mol. The Morgan fingerprint density at radius 2 is 0.765 bits per heavy atom. The molecule has 0 aliphatic rings. The van der Waals surface area contributed by atoms with Crippen LogP contribution in [0.1, 0.15) is 106 Å². The molecule has 0 rings (SSSR count). The zero-order valence-corrected chi connectivity index (χ0v) is 25.7. The second-order valence-electron chi connectivity index (χ2n) is 9.38. The summed E-state index contributed by atoms with van der Waals surface area (Å²) in [6.45, 7) is 16.4. The third-order valence-electron chi connectivity index (χ3n) is 6.15. The highest BCUT2D eigenvalue weighted by molar-refractivity contribution is 6.68. The van der Waals surface area contributed by atoms with Gasteiger partial charge in [-0.05, 0) is 51.6 Å². The molecule has 0 aliphatic carbocycles. The molecule has 0 aliphatic heterocycles. The largest absolute Gasteiger partial charge is 0.394 e. The summed E-state index contributed by atoms with van der Waals surface area (Å²) in [5.41, 5.74) is 0. The summed E-state index contributed by atoms with van der Waals surface area (Å²) in [5.74, 6) is 0. The Morgan fingerprint density at radius 1 is 0.471 bits per heavy atom. The third kappa shape index (κ3) is 16.4. The van der Waals surface area contributed by atoms with E-state index >= 15 is 0 Å². The summed E-state index contributed by atoms with van der Waals surface area (Å²) in [6, 6.07) is 4.03. The molecule has 0 bridgehead atoms. The maximum atomic E-state index is 6.58. The number of unbranched alkanes of at least 4 members (excludes halogenated alkanes) is 5. The molecule has 34 heavy (non-hydrogen) atoms. The van der Waals surface area contributed by atoms with Crippen molar-refractivity contribution in [3.63, 3.8) is 0 Å². The van der Waals surface area contributed by atoms with E-state index in [1.54, 1.807) is 0 Å². The van der Waals surface area contributed by atoms with Crippen LogP contribution in [0, 0.1) is 0 Å². The molecule has 0 radical (unpaired) electrons. The standard InChI is InChI=1S/C28H58O4Si2/c1-7-13-21-29-33(25-17-11-5,30-22-14-8-2)27-19-20-28-34(26-18-12-6,31-23-15-9-3)32-24-16-10-4/h11-12,17-18H,7-10,13-16,19-28H2,1-6H3. The molecule has 0 aromatic rings. The molecule has 0 aromatic carbocycles. The van der Waals surface area contributed by atoms with Crippen LogP contribution < -0.4 is 0 Å². The molecule has 6 heteroatoms. The number of hydrogen-bond donors (Lipinski definition) is 0. The van der Waals surface area contributed by atoms with Crippen molar-refractivity contribution in [2.24, 2.45) is 0 Å². The van der Waals surface area contributed by atoms with Crippen LogP contribution in [0.4, 0.5) is 0 Å². The molecular weight excluding hydrogens is 456 g/mol. The van der Waals surface area contributed by atoms with Crippen LogP contribution in [0.5, 0.6) is 0 Å². The molecule has 4 nitrogen and oxygen atoms in total. The predicted octanol–water partition coefficient (Wildman–Crippen LogP) is 9.07. The summed E-state index contributed by atoms with van der Waals surface area (Å²) in [4.78, 5) is 0. The maximum Gasteiger partial charge on any atom is 0.342 e. The summed E-state index contributed by atoms with van der Waals surface area (Å²) >= 11 is 0. The first kappa shape index (κ1) is 33.8. The van der Waals surface area contributed by atoms with E-state index in [0.29, 0.717) is 0 Å². The van der Waals surface area contributed by atoms with Crippen molar-refractivity contribution in [1.82, 2.24) is 0 Å². The number of rotatable bonds is 25. The molecule has 0 saturated heterocycles. The Morgan fingerprint density at radius 3 is 1.00 bits per heavy atom. The molecular formula is C28H58O4Si2. The van der Waals surface area contributed by atoms with Gasteiger partial charge in [-0.3, -0.25) is 0 Å². The van der Waals surface area contributed by atoms with Crippen molar-refractivity contribution in [3.05, 3.63) is 24.3 Å². The number of allylic oxidation sites excluding steroid dienone is 4. The van der Waals surface area contributed by atoms with Gasteiger partial charge in [0.1, 0.15) is 0 Å². The van der Waals surface area contributed by atoms with Crippen LogP contribution >= 0.6 is 0 Å². The second-order valence-corrected chi connectivity index (χ2v) is 16.0. The molecule has 0 spiro atoms. The van der Waals surface area contributed by atoms with E-state index in [0.717, 1.165) is 115 Å². The van der Waals surface area contributed by atoms with Crippen molar-refractivity contribution >= 4 is 17.1 Å². The van der Waals surface area contributed by atoms with E-state index in [9.17, 15) is 0 Å². The minimum Gasteiger partial charge on any atom is -0.394 e. The van der Waals surface area contributed by atoms with Gasteiger partial charge < -0.3 is 17.7 Å². The molecule has 0 fully saturated rings. The van der Waals surface area contributed by atoms with Gasteiger partial charge in [-0.1, -0.05) is 90.5 Å². The molecule has 0 atom stereocenters. The smallest absolute Gasteiger partial charge is 0.342 e. The number of hydrogen-bond acceptors (Lipinski definition) is 4. The third-order valence-corrected chi connectivity index (χ3v) is 13.0. The lowest BCUT2D eigenvalue weighted by atomic mass is 10.4. The Labute approximate surface area is 215 Å². The van der Waals surface area contributed by atoms with Crippen LogP contribution in [0.2, 0.25) is 24.2 Å². The highest BCUT2D eigenvalue weighted by atomic mass is 28.4. The zero-order chi connectivity index (χ0) is 25.4. The van der Waals surface area contributed by atoms with Gasteiger partial charge in [0.15, 0.2) is 0 Å². The zero-order valence-electron chi connectivity index (χ0n) is 23.7. The molecule has 0 unspecified atom stereocenters. The van der Waals surface area contributed by atoms with E-state index < -0.39 is 17.1 Å². The Bertz CT molecular complexity index is 433. The van der Waals surface area contributed by atoms with Crippen molar-refractivity contribution in [2.45, 2.75) is 130 Å². The molecule has 0 aromatic heterocycles. The highest BCUT2D eigenvalue weighted by Crippen LogP contribution is 2.29. The second kappa shape index (κ2) is 23.2. The topological polar surface area (TPSA) is 36.9 Å². The van der Waals surface area contributed by atoms with Gasteiger partial charge in [0, 0.05) is 38.5 Å². The normalized spacial score (nSPS) is 13.0. The van der Waals surface area contributed by atoms with Crippen LogP contribution in [-0.2, 0) is 17.7 Å². The fourth-order valence-electron chi connectivity index (χ4n) is 3.81. The van der Waals surface area contributed by atoms with E-state index in [2.05, 4.69) is 65.8 Å². The van der Waals surface area contributed by atoms with Crippen molar-refractivity contribution in [1.29, 1.82) is 0 Å². The van der Waals surface area contributed by atoms with Crippen molar-refractivity contribution in [2.75, 3.05) is 26.4 Å². The summed E-state index contributed by atoms with van der Waals surface area (Å²) < 4.78 is 26.3. The van der Waals surface area contributed by atoms with E-state index in [4.69, 9.17) is 17.7 Å². The minimum atomic E-state index is -2.24. The predicted molar refractivity (Wildman–Crippen MR) is 153 cm³/mol. The van der Waals surface area contributed by atoms with Crippen LogP contribution in [0.3, 0.4) is 0 Å². The lowest BCUT2D eigenvalue weighted by Gasteiger charge is -2.32. The van der Waals surface area contributed by atoms with Gasteiger partial charge in [-0.15, -0.1) is 0 Å². The summed E-state index contributed by atoms with van der Waals surface area (Å²) in [7, 11) is -4.48. The van der Waals surface area contributed by atoms with E-state index in [-0.39, 0.29) is 0 Å². The lowest BCUT2D eigenvalue weighted by Crippen LogP contribution is -2.43. The first-order valence-electron chi connectivity index (χ1n) is 14.4. The monoisotopic (exact) mass is 514 g/mol.